The lowest BCUT2D eigenvalue weighted by Gasteiger charge is -2.17. The standard InChI is InChI=1S/C21H17ClN4O3S2/c22-20-15-10-13(3-4-14(15)5-8-24-20)12-26-9-6-16(21(26)27)25-31(28,29)19-11-17-18(30-19)2-1-7-23-17/h1-5,7-8,10-11,16,25H,6,9,12H2/t16-/m0/s1. The molecular formula is C21H17ClN4O3S2. The number of likely N-dealkylation sites (tertiary alicyclic amines) is 1. The van der Waals surface area contributed by atoms with Gasteiger partial charge < -0.3 is 4.90 Å². The van der Waals surface area contributed by atoms with Gasteiger partial charge >= 0.3 is 0 Å². The number of nitrogens with zero attached hydrogens (tertiary/aromatic N) is 3. The molecule has 1 fully saturated rings. The lowest BCUT2D eigenvalue weighted by molar-refractivity contribution is -0.129. The molecule has 1 saturated heterocycles. The number of rotatable bonds is 5. The Kier molecular flexibility index (Phi) is 5.13. The van der Waals surface area contributed by atoms with Crippen molar-refractivity contribution < 1.29 is 13.2 Å². The Labute approximate surface area is 187 Å². The summed E-state index contributed by atoms with van der Waals surface area (Å²) in [5.74, 6) is -0.236. The zero-order valence-corrected chi connectivity index (χ0v) is 18.5. The van der Waals surface area contributed by atoms with Crippen molar-refractivity contribution in [1.29, 1.82) is 0 Å². The quantitative estimate of drug-likeness (QED) is 0.448. The molecule has 1 atom stereocenters. The zero-order chi connectivity index (χ0) is 21.6. The minimum absolute atomic E-state index is 0.157. The third-order valence-corrected chi connectivity index (χ3v) is 8.62. The van der Waals surface area contributed by atoms with Crippen LogP contribution < -0.4 is 4.72 Å². The molecule has 1 N–H and O–H groups in total. The van der Waals surface area contributed by atoms with E-state index >= 15 is 0 Å². The Morgan fingerprint density at radius 2 is 2.03 bits per heavy atom. The number of thiophene rings is 1. The molecular weight excluding hydrogens is 456 g/mol. The van der Waals surface area contributed by atoms with Gasteiger partial charge in [0.2, 0.25) is 5.91 Å². The molecule has 1 amide bonds. The van der Waals surface area contributed by atoms with Crippen LogP contribution in [0.25, 0.3) is 21.0 Å². The van der Waals surface area contributed by atoms with Crippen LogP contribution in [0.1, 0.15) is 12.0 Å². The fraction of sp³-hybridized carbons (Fsp3) is 0.190. The number of carbonyl (C=O) groups excluding carboxylic acids is 1. The minimum Gasteiger partial charge on any atom is -0.337 e. The van der Waals surface area contributed by atoms with Crippen LogP contribution in [0.2, 0.25) is 5.15 Å². The topological polar surface area (TPSA) is 92.3 Å². The lowest BCUT2D eigenvalue weighted by atomic mass is 10.1. The first-order valence-corrected chi connectivity index (χ1v) is 12.3. The van der Waals surface area contributed by atoms with Gasteiger partial charge in [-0.25, -0.2) is 13.4 Å². The van der Waals surface area contributed by atoms with Gasteiger partial charge in [0.05, 0.1) is 10.2 Å². The molecule has 31 heavy (non-hydrogen) atoms. The van der Waals surface area contributed by atoms with E-state index in [1.54, 1.807) is 23.4 Å². The van der Waals surface area contributed by atoms with Gasteiger partial charge in [0.15, 0.2) is 0 Å². The maximum atomic E-state index is 12.9. The number of amides is 1. The average Bonchev–Trinajstić information content (AvgIpc) is 3.34. The lowest BCUT2D eigenvalue weighted by Crippen LogP contribution is -2.41. The molecule has 0 spiro atoms. The number of nitrogens with one attached hydrogen (secondary N) is 1. The molecule has 0 unspecified atom stereocenters. The number of hydrogen-bond donors (Lipinski definition) is 1. The van der Waals surface area contributed by atoms with Crippen LogP contribution in [0.15, 0.2) is 59.1 Å². The van der Waals surface area contributed by atoms with Crippen LogP contribution in [0, 0.1) is 0 Å². The third kappa shape index (κ3) is 3.89. The maximum Gasteiger partial charge on any atom is 0.250 e. The van der Waals surface area contributed by atoms with Crippen molar-refractivity contribution >= 4 is 59.9 Å². The Morgan fingerprint density at radius 1 is 1.16 bits per heavy atom. The van der Waals surface area contributed by atoms with E-state index in [0.717, 1.165) is 32.4 Å². The first-order valence-electron chi connectivity index (χ1n) is 9.59. The second-order valence-corrected chi connectivity index (χ2v) is 10.7. The van der Waals surface area contributed by atoms with Crippen molar-refractivity contribution in [2.45, 2.75) is 23.2 Å². The van der Waals surface area contributed by atoms with Crippen LogP contribution in [-0.4, -0.2) is 41.8 Å². The molecule has 4 heterocycles. The van der Waals surface area contributed by atoms with Gasteiger partial charge in [-0.2, -0.15) is 4.72 Å². The number of aromatic nitrogens is 2. The van der Waals surface area contributed by atoms with Crippen molar-refractivity contribution in [3.05, 3.63) is 65.6 Å². The van der Waals surface area contributed by atoms with E-state index in [-0.39, 0.29) is 10.1 Å². The van der Waals surface area contributed by atoms with E-state index in [1.807, 2.05) is 30.3 Å². The van der Waals surface area contributed by atoms with Gasteiger partial charge in [-0.05, 0) is 47.7 Å². The number of halogens is 1. The van der Waals surface area contributed by atoms with Crippen molar-refractivity contribution in [2.75, 3.05) is 6.54 Å². The number of pyridine rings is 2. The van der Waals surface area contributed by atoms with Gasteiger partial charge in [0, 0.05) is 30.9 Å². The smallest absolute Gasteiger partial charge is 0.250 e. The molecule has 0 bridgehead atoms. The fourth-order valence-corrected chi connectivity index (χ4v) is 6.53. The van der Waals surface area contributed by atoms with Crippen molar-refractivity contribution in [2.24, 2.45) is 0 Å². The number of carbonyl (C=O) groups is 1. The van der Waals surface area contributed by atoms with Gasteiger partial charge in [-0.15, -0.1) is 11.3 Å². The highest BCUT2D eigenvalue weighted by atomic mass is 35.5. The van der Waals surface area contributed by atoms with Crippen LogP contribution in [0.3, 0.4) is 0 Å². The zero-order valence-electron chi connectivity index (χ0n) is 16.2. The van der Waals surface area contributed by atoms with Crippen molar-refractivity contribution in [1.82, 2.24) is 19.6 Å². The highest BCUT2D eigenvalue weighted by Gasteiger charge is 2.35. The summed E-state index contributed by atoms with van der Waals surface area (Å²) in [5.41, 5.74) is 1.53. The average molecular weight is 473 g/mol. The molecule has 5 rings (SSSR count). The molecule has 0 radical (unpaired) electrons. The molecule has 1 aromatic carbocycles. The molecule has 158 valence electrons. The molecule has 1 aliphatic heterocycles. The molecule has 0 aliphatic carbocycles. The molecule has 4 aromatic rings. The molecule has 3 aromatic heterocycles. The van der Waals surface area contributed by atoms with Gasteiger partial charge in [0.25, 0.3) is 10.0 Å². The Balaban J connectivity index is 1.32. The van der Waals surface area contributed by atoms with Gasteiger partial charge in [-0.1, -0.05) is 23.7 Å². The first-order chi connectivity index (χ1) is 14.9. The summed E-state index contributed by atoms with van der Waals surface area (Å²) in [6.07, 6.45) is 3.68. The predicted octanol–water partition coefficient (Wildman–Crippen LogP) is 3.58. The molecule has 1 aliphatic rings. The van der Waals surface area contributed by atoms with E-state index < -0.39 is 16.1 Å². The van der Waals surface area contributed by atoms with Gasteiger partial charge in [-0.3, -0.25) is 9.78 Å². The largest absolute Gasteiger partial charge is 0.337 e. The second kappa shape index (κ2) is 7.83. The normalized spacial score (nSPS) is 17.1. The summed E-state index contributed by atoms with van der Waals surface area (Å²) in [6, 6.07) is 12.0. The van der Waals surface area contributed by atoms with Crippen LogP contribution >= 0.6 is 22.9 Å². The monoisotopic (exact) mass is 472 g/mol. The summed E-state index contributed by atoms with van der Waals surface area (Å²) in [7, 11) is -3.81. The first kappa shape index (κ1) is 20.3. The Bertz CT molecular complexity index is 1390. The van der Waals surface area contributed by atoms with E-state index in [4.69, 9.17) is 11.6 Å². The summed E-state index contributed by atoms with van der Waals surface area (Å²) < 4.78 is 29.2. The highest BCUT2D eigenvalue weighted by Crippen LogP contribution is 2.28. The second-order valence-electron chi connectivity index (χ2n) is 7.33. The SMILES string of the molecule is O=C1[C@@H](NS(=O)(=O)c2cc3ncccc3s2)CCN1Cc1ccc2ccnc(Cl)c2c1. The maximum absolute atomic E-state index is 12.9. The van der Waals surface area contributed by atoms with E-state index in [9.17, 15) is 13.2 Å². The van der Waals surface area contributed by atoms with E-state index in [2.05, 4.69) is 14.7 Å². The summed E-state index contributed by atoms with van der Waals surface area (Å²) in [5, 5.41) is 2.21. The minimum atomic E-state index is -3.81. The van der Waals surface area contributed by atoms with Crippen LogP contribution in [-0.2, 0) is 21.4 Å². The van der Waals surface area contributed by atoms with Gasteiger partial charge in [0.1, 0.15) is 15.4 Å². The third-order valence-electron chi connectivity index (χ3n) is 5.28. The highest BCUT2D eigenvalue weighted by molar-refractivity contribution is 7.91. The number of benzene rings is 1. The summed E-state index contributed by atoms with van der Waals surface area (Å²) in [4.78, 5) is 22.8. The number of fused-ring (bicyclic) bond motifs is 2. The van der Waals surface area contributed by atoms with Crippen LogP contribution in [0.4, 0.5) is 0 Å². The van der Waals surface area contributed by atoms with Crippen molar-refractivity contribution in [3.8, 4) is 0 Å². The molecule has 10 heteroatoms. The van der Waals surface area contributed by atoms with Crippen molar-refractivity contribution in [3.63, 3.8) is 0 Å². The summed E-state index contributed by atoms with van der Waals surface area (Å²) in [6.45, 7) is 0.851. The Morgan fingerprint density at radius 3 is 2.87 bits per heavy atom. The van der Waals surface area contributed by atoms with E-state index in [0.29, 0.717) is 30.2 Å². The molecule has 0 saturated carbocycles. The predicted molar refractivity (Wildman–Crippen MR) is 121 cm³/mol. The van der Waals surface area contributed by atoms with Crippen LogP contribution in [0.5, 0.6) is 0 Å². The number of hydrogen-bond acceptors (Lipinski definition) is 6. The summed E-state index contributed by atoms with van der Waals surface area (Å²) >= 11 is 7.32. The molecule has 7 nitrogen and oxygen atoms in total. The number of sulfonamides is 1. The fourth-order valence-electron chi connectivity index (χ4n) is 3.73. The Hall–Kier alpha value is -2.59. The van der Waals surface area contributed by atoms with E-state index in [1.165, 1.54) is 6.07 Å².